The van der Waals surface area contributed by atoms with E-state index in [1.165, 1.54) is 5.69 Å². The van der Waals surface area contributed by atoms with Gasteiger partial charge in [-0.3, -0.25) is 4.79 Å². The Morgan fingerprint density at radius 1 is 1.26 bits per heavy atom. The molecule has 1 aliphatic carbocycles. The Hall–Kier alpha value is -2.82. The number of aromatic nitrogens is 3. The SMILES string of the molecule is Cn1ccc(CC(=O)NC2CC(C)(C)Cc3c2cnn3-c2ccccc2)c1. The zero-order valence-electron chi connectivity index (χ0n) is 16.1. The monoisotopic (exact) mass is 362 g/mol. The van der Waals surface area contributed by atoms with Gasteiger partial charge in [0.05, 0.1) is 30.0 Å². The molecule has 1 amide bonds. The Kier molecular flexibility index (Phi) is 4.38. The second kappa shape index (κ2) is 6.72. The third-order valence-electron chi connectivity index (χ3n) is 5.27. The lowest BCUT2D eigenvalue weighted by Gasteiger charge is -2.36. The number of hydrogen-bond acceptors (Lipinski definition) is 2. The summed E-state index contributed by atoms with van der Waals surface area (Å²) in [4.78, 5) is 12.6. The molecule has 0 radical (unpaired) electrons. The van der Waals surface area contributed by atoms with Crippen molar-refractivity contribution in [1.82, 2.24) is 19.7 Å². The average molecular weight is 362 g/mol. The highest BCUT2D eigenvalue weighted by molar-refractivity contribution is 5.79. The van der Waals surface area contributed by atoms with Crippen LogP contribution in [0.2, 0.25) is 0 Å². The van der Waals surface area contributed by atoms with E-state index in [1.807, 2.05) is 59.2 Å². The standard InChI is InChI=1S/C22H26N4O/c1-22(2)12-19(24-21(27)11-16-9-10-25(3)15-16)18-14-23-26(20(18)13-22)17-7-5-4-6-8-17/h4-10,14-15,19H,11-13H2,1-3H3,(H,24,27). The van der Waals surface area contributed by atoms with Gasteiger partial charge in [0.15, 0.2) is 0 Å². The lowest BCUT2D eigenvalue weighted by molar-refractivity contribution is -0.121. The molecule has 3 aromatic rings. The first-order chi connectivity index (χ1) is 12.9. The molecule has 0 aliphatic heterocycles. The number of carbonyl (C=O) groups excluding carboxylic acids is 1. The van der Waals surface area contributed by atoms with Crippen molar-refractivity contribution in [2.75, 3.05) is 0 Å². The van der Waals surface area contributed by atoms with E-state index < -0.39 is 0 Å². The number of amides is 1. The molecule has 0 saturated carbocycles. The number of carbonyl (C=O) groups is 1. The van der Waals surface area contributed by atoms with E-state index in [-0.39, 0.29) is 17.4 Å². The maximum atomic E-state index is 12.6. The summed E-state index contributed by atoms with van der Waals surface area (Å²) < 4.78 is 3.99. The van der Waals surface area contributed by atoms with Crippen molar-refractivity contribution in [3.05, 3.63) is 71.8 Å². The van der Waals surface area contributed by atoms with Gasteiger partial charge in [-0.2, -0.15) is 5.10 Å². The molecule has 5 heteroatoms. The number of rotatable bonds is 4. The van der Waals surface area contributed by atoms with E-state index in [1.54, 1.807) is 0 Å². The van der Waals surface area contributed by atoms with Crippen molar-refractivity contribution >= 4 is 5.91 Å². The van der Waals surface area contributed by atoms with Gasteiger partial charge >= 0.3 is 0 Å². The zero-order chi connectivity index (χ0) is 19.0. The van der Waals surface area contributed by atoms with Crippen LogP contribution in [0.4, 0.5) is 0 Å². The maximum absolute atomic E-state index is 12.6. The summed E-state index contributed by atoms with van der Waals surface area (Å²) in [5.74, 6) is 0.0577. The van der Waals surface area contributed by atoms with Crippen LogP contribution in [0.15, 0.2) is 55.0 Å². The number of hydrogen-bond donors (Lipinski definition) is 1. The van der Waals surface area contributed by atoms with Crippen molar-refractivity contribution in [2.45, 2.75) is 39.2 Å². The number of fused-ring (bicyclic) bond motifs is 1. The van der Waals surface area contributed by atoms with Gasteiger partial charge in [0.1, 0.15) is 0 Å². The van der Waals surface area contributed by atoms with Crippen molar-refractivity contribution in [3.63, 3.8) is 0 Å². The molecule has 1 aromatic carbocycles. The summed E-state index contributed by atoms with van der Waals surface area (Å²) in [7, 11) is 1.97. The fraction of sp³-hybridized carbons (Fsp3) is 0.364. The summed E-state index contributed by atoms with van der Waals surface area (Å²) in [6.45, 7) is 4.52. The molecule has 27 heavy (non-hydrogen) atoms. The maximum Gasteiger partial charge on any atom is 0.224 e. The fourth-order valence-corrected chi connectivity index (χ4v) is 4.06. The van der Waals surface area contributed by atoms with Crippen LogP contribution in [0.25, 0.3) is 5.69 Å². The number of nitrogens with zero attached hydrogens (tertiary/aromatic N) is 3. The average Bonchev–Trinajstić information content (AvgIpc) is 3.20. The molecule has 5 nitrogen and oxygen atoms in total. The number of benzene rings is 1. The predicted molar refractivity (Wildman–Crippen MR) is 106 cm³/mol. The van der Waals surface area contributed by atoms with Crippen LogP contribution in [0.5, 0.6) is 0 Å². The first-order valence-corrected chi connectivity index (χ1v) is 9.44. The Balaban J connectivity index is 1.60. The first-order valence-electron chi connectivity index (χ1n) is 9.44. The van der Waals surface area contributed by atoms with E-state index in [2.05, 4.69) is 36.4 Å². The third kappa shape index (κ3) is 3.68. The van der Waals surface area contributed by atoms with Gasteiger partial charge in [0.25, 0.3) is 0 Å². The van der Waals surface area contributed by atoms with Gasteiger partial charge in [-0.05, 0) is 42.0 Å². The lowest BCUT2D eigenvalue weighted by Crippen LogP contribution is -2.37. The number of nitrogens with one attached hydrogen (secondary N) is 1. The van der Waals surface area contributed by atoms with Crippen LogP contribution in [0.1, 0.15) is 43.1 Å². The second-order valence-corrected chi connectivity index (χ2v) is 8.32. The molecule has 1 aliphatic rings. The molecule has 2 heterocycles. The molecule has 0 saturated heterocycles. The van der Waals surface area contributed by atoms with E-state index in [9.17, 15) is 4.79 Å². The van der Waals surface area contributed by atoms with Crippen LogP contribution < -0.4 is 5.32 Å². The molecule has 4 rings (SSSR count). The highest BCUT2D eigenvalue weighted by Crippen LogP contribution is 2.41. The van der Waals surface area contributed by atoms with Gasteiger partial charge < -0.3 is 9.88 Å². The Morgan fingerprint density at radius 2 is 2.04 bits per heavy atom. The largest absolute Gasteiger partial charge is 0.357 e. The molecule has 1 N–H and O–H groups in total. The van der Waals surface area contributed by atoms with Crippen LogP contribution in [0.3, 0.4) is 0 Å². The minimum atomic E-state index is -0.00238. The predicted octanol–water partition coefficient (Wildman–Crippen LogP) is 3.58. The zero-order valence-corrected chi connectivity index (χ0v) is 16.1. The smallest absolute Gasteiger partial charge is 0.224 e. The summed E-state index contributed by atoms with van der Waals surface area (Å²) in [5, 5.41) is 7.89. The number of aryl methyl sites for hydroxylation is 1. The highest BCUT2D eigenvalue weighted by atomic mass is 16.1. The van der Waals surface area contributed by atoms with Crippen molar-refractivity contribution < 1.29 is 4.79 Å². The van der Waals surface area contributed by atoms with Gasteiger partial charge in [-0.25, -0.2) is 4.68 Å². The minimum Gasteiger partial charge on any atom is -0.357 e. The fourth-order valence-electron chi connectivity index (χ4n) is 4.06. The molecule has 140 valence electrons. The van der Waals surface area contributed by atoms with Crippen molar-refractivity contribution in [1.29, 1.82) is 0 Å². The third-order valence-corrected chi connectivity index (χ3v) is 5.27. The summed E-state index contributed by atoms with van der Waals surface area (Å²) in [5.41, 5.74) is 4.53. The Morgan fingerprint density at radius 3 is 2.74 bits per heavy atom. The van der Waals surface area contributed by atoms with Gasteiger partial charge in [0, 0.05) is 25.0 Å². The van der Waals surface area contributed by atoms with Crippen LogP contribution >= 0.6 is 0 Å². The van der Waals surface area contributed by atoms with E-state index in [4.69, 9.17) is 0 Å². The van der Waals surface area contributed by atoms with Gasteiger partial charge in [0.2, 0.25) is 5.91 Å². The normalized spacial score (nSPS) is 18.1. The van der Waals surface area contributed by atoms with Crippen LogP contribution in [0, 0.1) is 5.41 Å². The molecule has 0 bridgehead atoms. The van der Waals surface area contributed by atoms with Crippen molar-refractivity contribution in [3.8, 4) is 5.69 Å². The quantitative estimate of drug-likeness (QED) is 0.771. The molecule has 1 unspecified atom stereocenters. The van der Waals surface area contributed by atoms with Crippen molar-refractivity contribution in [2.24, 2.45) is 12.5 Å². The molecular weight excluding hydrogens is 336 g/mol. The molecule has 0 spiro atoms. The second-order valence-electron chi connectivity index (χ2n) is 8.32. The summed E-state index contributed by atoms with van der Waals surface area (Å²) >= 11 is 0. The van der Waals surface area contributed by atoms with E-state index in [0.29, 0.717) is 6.42 Å². The molecule has 0 fully saturated rings. The number of para-hydroxylation sites is 1. The van der Waals surface area contributed by atoms with E-state index >= 15 is 0 Å². The molecule has 1 atom stereocenters. The van der Waals surface area contributed by atoms with Gasteiger partial charge in [-0.15, -0.1) is 0 Å². The van der Waals surface area contributed by atoms with Crippen LogP contribution in [-0.4, -0.2) is 20.3 Å². The molecular formula is C22H26N4O. The van der Waals surface area contributed by atoms with E-state index in [0.717, 1.165) is 29.7 Å². The van der Waals surface area contributed by atoms with Crippen LogP contribution in [-0.2, 0) is 24.7 Å². The highest BCUT2D eigenvalue weighted by Gasteiger charge is 2.35. The summed E-state index contributed by atoms with van der Waals surface area (Å²) in [6.07, 6.45) is 8.14. The topological polar surface area (TPSA) is 51.9 Å². The Bertz CT molecular complexity index is 952. The minimum absolute atomic E-state index is 0.00238. The Labute approximate surface area is 160 Å². The van der Waals surface area contributed by atoms with Gasteiger partial charge in [-0.1, -0.05) is 32.0 Å². The first kappa shape index (κ1) is 17.6. The molecule has 2 aromatic heterocycles. The summed E-state index contributed by atoms with van der Waals surface area (Å²) in [6, 6.07) is 12.2. The lowest BCUT2D eigenvalue weighted by atomic mass is 9.74.